The number of likely N-dealkylation sites (tertiary alicyclic amines) is 1. The first-order chi connectivity index (χ1) is 12.0. The monoisotopic (exact) mass is 347 g/mol. The molecule has 2 fully saturated rings. The summed E-state index contributed by atoms with van der Waals surface area (Å²) in [4.78, 5) is 38.1. The second-order valence-corrected chi connectivity index (χ2v) is 7.05. The van der Waals surface area contributed by atoms with E-state index in [0.29, 0.717) is 13.0 Å². The average molecular weight is 347 g/mol. The van der Waals surface area contributed by atoms with Gasteiger partial charge in [0.15, 0.2) is 0 Å². The Labute approximate surface area is 146 Å². The summed E-state index contributed by atoms with van der Waals surface area (Å²) in [6.45, 7) is 2.48. The van der Waals surface area contributed by atoms with E-state index in [1.54, 1.807) is 0 Å². The van der Waals surface area contributed by atoms with Crippen LogP contribution in [0.2, 0.25) is 0 Å². The van der Waals surface area contributed by atoms with Crippen molar-refractivity contribution in [2.75, 3.05) is 0 Å². The van der Waals surface area contributed by atoms with Gasteiger partial charge in [-0.05, 0) is 37.7 Å². The van der Waals surface area contributed by atoms with Crippen LogP contribution < -0.4 is 5.56 Å². The first kappa shape index (κ1) is 17.6. The van der Waals surface area contributed by atoms with E-state index in [1.165, 1.54) is 21.7 Å². The number of nitrogens with zero attached hydrogens (tertiary/aromatic N) is 3. The number of aryl methyl sites for hydroxylation is 1. The van der Waals surface area contributed by atoms with Crippen molar-refractivity contribution in [3.8, 4) is 0 Å². The van der Waals surface area contributed by atoms with Crippen LogP contribution in [0.25, 0.3) is 0 Å². The van der Waals surface area contributed by atoms with Crippen LogP contribution in [0.1, 0.15) is 62.4 Å². The fourth-order valence-electron chi connectivity index (χ4n) is 4.14. The summed E-state index contributed by atoms with van der Waals surface area (Å²) in [6.07, 6.45) is 6.16. The molecule has 3 atom stereocenters. The molecule has 1 aromatic rings. The molecule has 2 heterocycles. The number of carboxylic acids is 1. The Morgan fingerprint density at radius 3 is 2.76 bits per heavy atom. The van der Waals surface area contributed by atoms with Crippen molar-refractivity contribution in [1.82, 2.24) is 14.7 Å². The highest BCUT2D eigenvalue weighted by Crippen LogP contribution is 2.40. The van der Waals surface area contributed by atoms with E-state index < -0.39 is 12.0 Å². The second kappa shape index (κ2) is 7.37. The van der Waals surface area contributed by atoms with E-state index in [2.05, 4.69) is 5.10 Å². The second-order valence-electron chi connectivity index (χ2n) is 7.05. The number of carboxylic acid groups (broad SMARTS) is 1. The molecule has 1 aliphatic carbocycles. The van der Waals surface area contributed by atoms with E-state index in [0.717, 1.165) is 38.5 Å². The van der Waals surface area contributed by atoms with Crippen molar-refractivity contribution >= 4 is 11.9 Å². The van der Waals surface area contributed by atoms with Crippen LogP contribution in [0.5, 0.6) is 0 Å². The maximum atomic E-state index is 13.0. The van der Waals surface area contributed by atoms with Gasteiger partial charge in [-0.15, -0.1) is 0 Å². The number of unbranched alkanes of at least 4 members (excludes halogenated alkanes) is 1. The van der Waals surface area contributed by atoms with Crippen LogP contribution >= 0.6 is 0 Å². The van der Waals surface area contributed by atoms with Crippen molar-refractivity contribution in [3.63, 3.8) is 0 Å². The lowest BCUT2D eigenvalue weighted by Crippen LogP contribution is -2.47. The Balaban J connectivity index is 1.89. The number of aliphatic carboxylic acids is 1. The van der Waals surface area contributed by atoms with Gasteiger partial charge >= 0.3 is 5.97 Å². The Hall–Kier alpha value is -2.18. The van der Waals surface area contributed by atoms with Crippen LogP contribution in [-0.4, -0.2) is 43.7 Å². The van der Waals surface area contributed by atoms with E-state index in [9.17, 15) is 19.5 Å². The summed E-state index contributed by atoms with van der Waals surface area (Å²) in [5.74, 6) is -1.07. The van der Waals surface area contributed by atoms with Gasteiger partial charge in [-0.1, -0.05) is 26.2 Å². The van der Waals surface area contributed by atoms with E-state index in [4.69, 9.17) is 0 Å². The molecule has 136 valence electrons. The van der Waals surface area contributed by atoms with E-state index >= 15 is 0 Å². The van der Waals surface area contributed by atoms with Crippen LogP contribution in [0.4, 0.5) is 0 Å². The van der Waals surface area contributed by atoms with E-state index in [1.807, 2.05) is 6.92 Å². The molecule has 25 heavy (non-hydrogen) atoms. The predicted octanol–water partition coefficient (Wildman–Crippen LogP) is 1.90. The van der Waals surface area contributed by atoms with Gasteiger partial charge in [-0.25, -0.2) is 9.48 Å². The highest BCUT2D eigenvalue weighted by molar-refractivity contribution is 5.95. The number of fused-ring (bicyclic) bond motifs is 1. The Bertz CT molecular complexity index is 715. The summed E-state index contributed by atoms with van der Waals surface area (Å²) in [5.41, 5.74) is -0.0788. The number of carbonyl (C=O) groups excluding carboxylic acids is 1. The third-order valence-electron chi connectivity index (χ3n) is 5.42. The highest BCUT2D eigenvalue weighted by Gasteiger charge is 2.48. The molecule has 1 N–H and O–H groups in total. The van der Waals surface area contributed by atoms with Gasteiger partial charge in [0, 0.05) is 18.7 Å². The van der Waals surface area contributed by atoms with Crippen molar-refractivity contribution in [1.29, 1.82) is 0 Å². The van der Waals surface area contributed by atoms with Crippen LogP contribution in [0, 0.1) is 5.92 Å². The number of hydrogen-bond donors (Lipinski definition) is 1. The smallest absolute Gasteiger partial charge is 0.326 e. The van der Waals surface area contributed by atoms with Crippen LogP contribution in [0.3, 0.4) is 0 Å². The third kappa shape index (κ3) is 3.45. The van der Waals surface area contributed by atoms with Crippen LogP contribution in [0.15, 0.2) is 16.9 Å². The van der Waals surface area contributed by atoms with Gasteiger partial charge < -0.3 is 10.0 Å². The van der Waals surface area contributed by atoms with Gasteiger partial charge in [-0.3, -0.25) is 9.59 Å². The molecule has 0 spiro atoms. The summed E-state index contributed by atoms with van der Waals surface area (Å²) in [5, 5.41) is 13.8. The van der Waals surface area contributed by atoms with Gasteiger partial charge in [0.25, 0.3) is 11.5 Å². The molecule has 3 rings (SSSR count). The van der Waals surface area contributed by atoms with Crippen LogP contribution in [-0.2, 0) is 11.3 Å². The number of aromatic nitrogens is 2. The molecule has 1 aromatic heterocycles. The number of amides is 1. The van der Waals surface area contributed by atoms with Crippen molar-refractivity contribution in [2.24, 2.45) is 5.92 Å². The zero-order valence-corrected chi connectivity index (χ0v) is 14.6. The Morgan fingerprint density at radius 1 is 1.28 bits per heavy atom. The summed E-state index contributed by atoms with van der Waals surface area (Å²) < 4.78 is 1.31. The number of rotatable bonds is 5. The quantitative estimate of drug-likeness (QED) is 0.878. The fraction of sp³-hybridized carbons (Fsp3) is 0.667. The molecular formula is C18H25N3O4. The van der Waals surface area contributed by atoms with Gasteiger partial charge in [0.2, 0.25) is 0 Å². The molecular weight excluding hydrogens is 322 g/mol. The number of hydrogen-bond acceptors (Lipinski definition) is 4. The maximum Gasteiger partial charge on any atom is 0.326 e. The first-order valence-corrected chi connectivity index (χ1v) is 9.16. The summed E-state index contributed by atoms with van der Waals surface area (Å²) in [6, 6.07) is 1.95. The lowest BCUT2D eigenvalue weighted by Gasteiger charge is -2.32. The van der Waals surface area contributed by atoms with Crippen molar-refractivity contribution in [3.05, 3.63) is 28.2 Å². The topological polar surface area (TPSA) is 92.5 Å². The molecule has 0 radical (unpaired) electrons. The zero-order valence-electron chi connectivity index (χ0n) is 14.6. The lowest BCUT2D eigenvalue weighted by molar-refractivity contribution is -0.141. The highest BCUT2D eigenvalue weighted by atomic mass is 16.4. The van der Waals surface area contributed by atoms with E-state index in [-0.39, 0.29) is 29.1 Å². The molecule has 1 aliphatic heterocycles. The minimum Gasteiger partial charge on any atom is -0.480 e. The third-order valence-corrected chi connectivity index (χ3v) is 5.42. The molecule has 7 nitrogen and oxygen atoms in total. The average Bonchev–Trinajstić information content (AvgIpc) is 3.00. The minimum absolute atomic E-state index is 0.0276. The fourth-order valence-corrected chi connectivity index (χ4v) is 4.14. The Kier molecular flexibility index (Phi) is 5.20. The molecule has 3 unspecified atom stereocenters. The maximum absolute atomic E-state index is 13.0. The SMILES string of the molecule is CCCCn1nc(C(=O)N2C(C(=O)O)CC3CCCCC32)ccc1=O. The lowest BCUT2D eigenvalue weighted by atomic mass is 9.84. The molecule has 1 saturated heterocycles. The molecule has 0 bridgehead atoms. The van der Waals surface area contributed by atoms with Crippen molar-refractivity contribution in [2.45, 2.75) is 70.5 Å². The first-order valence-electron chi connectivity index (χ1n) is 9.16. The predicted molar refractivity (Wildman–Crippen MR) is 91.4 cm³/mol. The molecule has 2 aliphatic rings. The standard InChI is InChI=1S/C18H25N3O4/c1-2-3-10-20-16(22)9-8-13(19-20)17(23)21-14-7-5-4-6-12(14)11-15(21)18(24)25/h8-9,12,14-15H,2-7,10-11H2,1H3,(H,24,25). The molecule has 1 amide bonds. The normalized spacial score (nSPS) is 25.6. The largest absolute Gasteiger partial charge is 0.480 e. The molecule has 1 saturated carbocycles. The van der Waals surface area contributed by atoms with Crippen molar-refractivity contribution < 1.29 is 14.7 Å². The minimum atomic E-state index is -0.956. The molecule has 7 heteroatoms. The zero-order chi connectivity index (χ0) is 18.0. The number of carbonyl (C=O) groups is 2. The van der Waals surface area contributed by atoms with Gasteiger partial charge in [0.05, 0.1) is 0 Å². The summed E-state index contributed by atoms with van der Waals surface area (Å²) >= 11 is 0. The summed E-state index contributed by atoms with van der Waals surface area (Å²) in [7, 11) is 0. The van der Waals surface area contributed by atoms with Gasteiger partial charge in [-0.2, -0.15) is 5.10 Å². The van der Waals surface area contributed by atoms with Gasteiger partial charge in [0.1, 0.15) is 11.7 Å². The Morgan fingerprint density at radius 2 is 2.04 bits per heavy atom. The molecule has 0 aromatic carbocycles.